The SMILES string of the molecule is COc1cc(/C=C2/SC(=O)N(CC(=O)Nc3ccc(C)c(C)c3)C2=O)cc(Cl)c1OCc1cccc(C)c1. The van der Waals surface area contributed by atoms with E-state index in [9.17, 15) is 14.4 Å². The van der Waals surface area contributed by atoms with Gasteiger partial charge in [0.05, 0.1) is 17.0 Å². The zero-order valence-corrected chi connectivity index (χ0v) is 23.0. The highest BCUT2D eigenvalue weighted by Crippen LogP contribution is 2.39. The second-order valence-corrected chi connectivity index (χ2v) is 10.3. The number of imide groups is 1. The minimum absolute atomic E-state index is 0.181. The van der Waals surface area contributed by atoms with E-state index in [0.717, 1.165) is 38.9 Å². The van der Waals surface area contributed by atoms with Crippen LogP contribution in [0.25, 0.3) is 6.08 Å². The van der Waals surface area contributed by atoms with Crippen LogP contribution in [0.5, 0.6) is 11.5 Å². The summed E-state index contributed by atoms with van der Waals surface area (Å²) in [5.74, 6) is -0.242. The minimum atomic E-state index is -0.551. The molecule has 196 valence electrons. The average Bonchev–Trinajstić information content (AvgIpc) is 3.12. The van der Waals surface area contributed by atoms with Crippen LogP contribution in [0.15, 0.2) is 59.5 Å². The van der Waals surface area contributed by atoms with E-state index in [1.165, 1.54) is 7.11 Å². The van der Waals surface area contributed by atoms with E-state index in [4.69, 9.17) is 21.1 Å². The molecule has 7 nitrogen and oxygen atoms in total. The number of carbonyl (C=O) groups is 3. The van der Waals surface area contributed by atoms with Gasteiger partial charge in [0.25, 0.3) is 11.1 Å². The number of amides is 3. The molecule has 1 N–H and O–H groups in total. The number of halogens is 1. The lowest BCUT2D eigenvalue weighted by molar-refractivity contribution is -0.127. The number of hydrogen-bond acceptors (Lipinski definition) is 6. The summed E-state index contributed by atoms with van der Waals surface area (Å²) in [6, 6.07) is 16.8. The van der Waals surface area contributed by atoms with Crippen molar-refractivity contribution in [3.8, 4) is 11.5 Å². The summed E-state index contributed by atoms with van der Waals surface area (Å²) >= 11 is 7.27. The van der Waals surface area contributed by atoms with Gasteiger partial charge >= 0.3 is 0 Å². The molecule has 3 aromatic carbocycles. The summed E-state index contributed by atoms with van der Waals surface area (Å²) in [6.45, 7) is 5.84. The van der Waals surface area contributed by atoms with Crippen molar-refractivity contribution in [3.05, 3.63) is 92.3 Å². The Morgan fingerprint density at radius 2 is 1.84 bits per heavy atom. The molecule has 1 aliphatic rings. The summed E-state index contributed by atoms with van der Waals surface area (Å²) in [5.41, 5.74) is 5.39. The highest BCUT2D eigenvalue weighted by molar-refractivity contribution is 8.18. The van der Waals surface area contributed by atoms with Gasteiger partial charge in [-0.25, -0.2) is 0 Å². The summed E-state index contributed by atoms with van der Waals surface area (Å²) in [7, 11) is 1.50. The van der Waals surface area contributed by atoms with Crippen LogP contribution in [0.1, 0.15) is 27.8 Å². The van der Waals surface area contributed by atoms with Crippen LogP contribution in [-0.4, -0.2) is 35.6 Å². The van der Waals surface area contributed by atoms with Crippen molar-refractivity contribution in [2.45, 2.75) is 27.4 Å². The fourth-order valence-electron chi connectivity index (χ4n) is 3.87. The topological polar surface area (TPSA) is 84.9 Å². The van der Waals surface area contributed by atoms with Crippen molar-refractivity contribution < 1.29 is 23.9 Å². The number of thioether (sulfide) groups is 1. The van der Waals surface area contributed by atoms with Gasteiger partial charge in [-0.2, -0.15) is 0 Å². The van der Waals surface area contributed by atoms with Gasteiger partial charge in [0.1, 0.15) is 13.2 Å². The third-order valence-corrected chi connectivity index (χ3v) is 7.17. The largest absolute Gasteiger partial charge is 0.493 e. The molecule has 9 heteroatoms. The number of anilines is 1. The molecule has 0 atom stereocenters. The van der Waals surface area contributed by atoms with Crippen LogP contribution in [0, 0.1) is 20.8 Å². The van der Waals surface area contributed by atoms with Crippen molar-refractivity contribution in [2.75, 3.05) is 19.0 Å². The van der Waals surface area contributed by atoms with E-state index in [2.05, 4.69) is 5.32 Å². The first-order chi connectivity index (χ1) is 18.1. The molecule has 0 spiro atoms. The first-order valence-corrected chi connectivity index (χ1v) is 13.0. The first-order valence-electron chi connectivity index (χ1n) is 11.8. The quantitative estimate of drug-likeness (QED) is 0.321. The molecule has 1 aliphatic heterocycles. The number of aryl methyl sites for hydroxylation is 3. The maximum absolute atomic E-state index is 12.9. The van der Waals surface area contributed by atoms with Crippen LogP contribution in [0.4, 0.5) is 10.5 Å². The van der Waals surface area contributed by atoms with E-state index < -0.39 is 17.1 Å². The monoisotopic (exact) mass is 550 g/mol. The zero-order valence-electron chi connectivity index (χ0n) is 21.5. The van der Waals surface area contributed by atoms with Gasteiger partial charge in [0.2, 0.25) is 5.91 Å². The Bertz CT molecular complexity index is 1450. The molecular formula is C29H27ClN2O5S. The second-order valence-electron chi connectivity index (χ2n) is 8.93. The molecule has 1 saturated heterocycles. The van der Waals surface area contributed by atoms with E-state index in [0.29, 0.717) is 34.4 Å². The van der Waals surface area contributed by atoms with E-state index in [1.807, 2.05) is 57.2 Å². The van der Waals surface area contributed by atoms with Gasteiger partial charge in [-0.05, 0) is 85.1 Å². The maximum Gasteiger partial charge on any atom is 0.294 e. The summed E-state index contributed by atoms with van der Waals surface area (Å²) in [5, 5.41) is 2.52. The molecule has 3 aromatic rings. The van der Waals surface area contributed by atoms with E-state index in [1.54, 1.807) is 24.3 Å². The van der Waals surface area contributed by atoms with Crippen LogP contribution in [0.3, 0.4) is 0 Å². The Morgan fingerprint density at radius 3 is 2.55 bits per heavy atom. The average molecular weight is 551 g/mol. The lowest BCUT2D eigenvalue weighted by Crippen LogP contribution is -2.36. The number of nitrogens with zero attached hydrogens (tertiary/aromatic N) is 1. The molecule has 1 heterocycles. The molecule has 4 rings (SSSR count). The third kappa shape index (κ3) is 6.38. The number of carbonyl (C=O) groups excluding carboxylic acids is 3. The zero-order chi connectivity index (χ0) is 27.4. The Labute approximate surface area is 230 Å². The van der Waals surface area contributed by atoms with Crippen LogP contribution < -0.4 is 14.8 Å². The lowest BCUT2D eigenvalue weighted by atomic mass is 10.1. The Kier molecular flexibility index (Phi) is 8.44. The van der Waals surface area contributed by atoms with Gasteiger partial charge in [0, 0.05) is 5.69 Å². The van der Waals surface area contributed by atoms with Crippen molar-refractivity contribution in [1.29, 1.82) is 0 Å². The van der Waals surface area contributed by atoms with Crippen LogP contribution in [-0.2, 0) is 16.2 Å². The molecule has 0 aliphatic carbocycles. The number of methoxy groups -OCH3 is 1. The number of nitrogens with one attached hydrogen (secondary N) is 1. The van der Waals surface area contributed by atoms with Crippen LogP contribution >= 0.6 is 23.4 Å². The standard InChI is InChI=1S/C29H27ClN2O5S/c1-17-6-5-7-20(10-17)16-37-27-23(30)12-21(13-24(27)36-4)14-25-28(34)32(29(35)38-25)15-26(33)31-22-9-8-18(2)19(3)11-22/h5-14H,15-16H2,1-4H3,(H,31,33)/b25-14+. The smallest absolute Gasteiger partial charge is 0.294 e. The minimum Gasteiger partial charge on any atom is -0.493 e. The predicted octanol–water partition coefficient (Wildman–Crippen LogP) is 6.53. The van der Waals surface area contributed by atoms with E-state index in [-0.39, 0.29) is 11.4 Å². The van der Waals surface area contributed by atoms with Gasteiger partial charge in [-0.3, -0.25) is 19.3 Å². The molecule has 1 fully saturated rings. The fourth-order valence-corrected chi connectivity index (χ4v) is 4.98. The fraction of sp³-hybridized carbons (Fsp3) is 0.207. The number of ether oxygens (including phenoxy) is 2. The normalized spacial score (nSPS) is 14.2. The molecular weight excluding hydrogens is 524 g/mol. The molecule has 0 bridgehead atoms. The molecule has 0 radical (unpaired) electrons. The lowest BCUT2D eigenvalue weighted by Gasteiger charge is -2.14. The third-order valence-electron chi connectivity index (χ3n) is 5.98. The van der Waals surface area contributed by atoms with Crippen molar-refractivity contribution in [1.82, 2.24) is 4.90 Å². The molecule has 38 heavy (non-hydrogen) atoms. The van der Waals surface area contributed by atoms with Gasteiger partial charge < -0.3 is 14.8 Å². The van der Waals surface area contributed by atoms with Crippen molar-refractivity contribution in [2.24, 2.45) is 0 Å². The van der Waals surface area contributed by atoms with Crippen molar-refractivity contribution in [3.63, 3.8) is 0 Å². The predicted molar refractivity (Wildman–Crippen MR) is 151 cm³/mol. The summed E-state index contributed by atoms with van der Waals surface area (Å²) in [4.78, 5) is 39.1. The number of hydrogen-bond donors (Lipinski definition) is 1. The summed E-state index contributed by atoms with van der Waals surface area (Å²) in [6.07, 6.45) is 1.55. The Balaban J connectivity index is 1.46. The second kappa shape index (κ2) is 11.8. The first kappa shape index (κ1) is 27.3. The van der Waals surface area contributed by atoms with Crippen LogP contribution in [0.2, 0.25) is 5.02 Å². The maximum atomic E-state index is 12.9. The highest BCUT2D eigenvalue weighted by Gasteiger charge is 2.36. The Morgan fingerprint density at radius 1 is 1.05 bits per heavy atom. The van der Waals surface area contributed by atoms with Gasteiger partial charge in [0.15, 0.2) is 11.5 Å². The summed E-state index contributed by atoms with van der Waals surface area (Å²) < 4.78 is 11.4. The number of benzene rings is 3. The molecule has 3 amide bonds. The Hall–Kier alpha value is -3.75. The molecule has 0 aromatic heterocycles. The van der Waals surface area contributed by atoms with E-state index >= 15 is 0 Å². The van der Waals surface area contributed by atoms with Gasteiger partial charge in [-0.1, -0.05) is 47.5 Å². The van der Waals surface area contributed by atoms with Crippen molar-refractivity contribution >= 4 is 52.2 Å². The number of rotatable bonds is 8. The highest BCUT2D eigenvalue weighted by atomic mass is 35.5. The van der Waals surface area contributed by atoms with Gasteiger partial charge in [-0.15, -0.1) is 0 Å². The molecule has 0 saturated carbocycles. The molecule has 0 unspecified atom stereocenters.